The van der Waals surface area contributed by atoms with Crippen molar-refractivity contribution < 1.29 is 4.79 Å². The van der Waals surface area contributed by atoms with Crippen LogP contribution in [0.4, 0.5) is 0 Å². The van der Waals surface area contributed by atoms with Gasteiger partial charge in [0.25, 0.3) is 0 Å². The Hall–Kier alpha value is -1.87. The molecule has 2 aromatic carbocycles. The molecule has 3 rings (SSSR count). The largest absolute Gasteiger partial charge is 0.340 e. The average molecular weight is 342 g/mol. The summed E-state index contributed by atoms with van der Waals surface area (Å²) in [5.74, 6) is 0.135. The van der Waals surface area contributed by atoms with E-state index < -0.39 is 0 Å². The number of fused-ring (bicyclic) bond motifs is 1. The Kier molecular flexibility index (Phi) is 3.68. The number of aryl methyl sites for hydroxylation is 2. The fraction of sp³-hybridized carbons (Fsp3) is 0.167. The Bertz CT molecular complexity index is 832. The molecule has 0 radical (unpaired) electrons. The Morgan fingerprint density at radius 1 is 1.05 bits per heavy atom. The lowest BCUT2D eigenvalue weighted by Crippen LogP contribution is -2.09. The van der Waals surface area contributed by atoms with Gasteiger partial charge in [0.1, 0.15) is 0 Å². The third-order valence-corrected chi connectivity index (χ3v) is 4.37. The summed E-state index contributed by atoms with van der Waals surface area (Å²) in [5, 5.41) is 1.14. The van der Waals surface area contributed by atoms with Crippen molar-refractivity contribution in [1.82, 2.24) is 4.57 Å². The zero-order valence-electron chi connectivity index (χ0n) is 12.1. The van der Waals surface area contributed by atoms with Crippen LogP contribution in [-0.4, -0.2) is 10.4 Å². The second-order valence-corrected chi connectivity index (χ2v) is 6.28. The monoisotopic (exact) mass is 341 g/mol. The summed E-state index contributed by atoms with van der Waals surface area (Å²) in [5.41, 5.74) is 4.21. The van der Waals surface area contributed by atoms with Crippen LogP contribution in [0.3, 0.4) is 0 Å². The van der Waals surface area contributed by atoms with Gasteiger partial charge in [-0.2, -0.15) is 0 Å². The van der Waals surface area contributed by atoms with E-state index in [1.54, 1.807) is 0 Å². The fourth-order valence-electron chi connectivity index (χ4n) is 2.46. The normalized spacial score (nSPS) is 11.0. The van der Waals surface area contributed by atoms with Gasteiger partial charge in [-0.05, 0) is 54.6 Å². The van der Waals surface area contributed by atoms with Crippen LogP contribution in [0.1, 0.15) is 21.5 Å². The SMILES string of the molecule is Cc1ccc(C(=O)Cn2ccc3ccc(Br)cc32)cc1C. The molecule has 0 aliphatic heterocycles. The van der Waals surface area contributed by atoms with E-state index in [0.29, 0.717) is 6.54 Å². The molecular weight excluding hydrogens is 326 g/mol. The number of aromatic nitrogens is 1. The Balaban J connectivity index is 1.92. The highest BCUT2D eigenvalue weighted by molar-refractivity contribution is 9.10. The molecule has 1 aromatic heterocycles. The zero-order valence-corrected chi connectivity index (χ0v) is 13.6. The summed E-state index contributed by atoms with van der Waals surface area (Å²) >= 11 is 3.48. The highest BCUT2D eigenvalue weighted by atomic mass is 79.9. The van der Waals surface area contributed by atoms with Gasteiger partial charge in [-0.25, -0.2) is 0 Å². The molecule has 0 atom stereocenters. The van der Waals surface area contributed by atoms with Gasteiger partial charge in [-0.1, -0.05) is 34.1 Å². The van der Waals surface area contributed by atoms with Crippen LogP contribution >= 0.6 is 15.9 Å². The van der Waals surface area contributed by atoms with Crippen molar-refractivity contribution in [2.45, 2.75) is 20.4 Å². The Labute approximate surface area is 132 Å². The minimum Gasteiger partial charge on any atom is -0.340 e. The van der Waals surface area contributed by atoms with E-state index in [1.165, 1.54) is 5.56 Å². The molecule has 0 saturated carbocycles. The average Bonchev–Trinajstić information content (AvgIpc) is 2.84. The predicted molar refractivity (Wildman–Crippen MR) is 89.9 cm³/mol. The van der Waals surface area contributed by atoms with E-state index in [9.17, 15) is 4.79 Å². The number of halogens is 1. The summed E-state index contributed by atoms with van der Waals surface area (Å²) in [6, 6.07) is 14.0. The van der Waals surface area contributed by atoms with Crippen LogP contribution in [0.5, 0.6) is 0 Å². The number of benzene rings is 2. The van der Waals surface area contributed by atoms with Gasteiger partial charge >= 0.3 is 0 Å². The Morgan fingerprint density at radius 2 is 1.86 bits per heavy atom. The molecule has 106 valence electrons. The van der Waals surface area contributed by atoms with Crippen LogP contribution in [0.2, 0.25) is 0 Å². The lowest BCUT2D eigenvalue weighted by atomic mass is 10.0. The molecule has 0 aliphatic rings. The van der Waals surface area contributed by atoms with E-state index in [2.05, 4.69) is 28.9 Å². The summed E-state index contributed by atoms with van der Waals surface area (Å²) in [7, 11) is 0. The molecule has 0 bridgehead atoms. The zero-order chi connectivity index (χ0) is 15.0. The van der Waals surface area contributed by atoms with Crippen molar-refractivity contribution >= 4 is 32.6 Å². The number of ketones is 1. The van der Waals surface area contributed by atoms with E-state index in [1.807, 2.05) is 54.1 Å². The first-order valence-corrected chi connectivity index (χ1v) is 7.69. The first-order valence-electron chi connectivity index (χ1n) is 6.89. The molecule has 0 amide bonds. The van der Waals surface area contributed by atoms with E-state index in [-0.39, 0.29) is 5.78 Å². The molecule has 0 spiro atoms. The number of nitrogens with zero attached hydrogens (tertiary/aromatic N) is 1. The van der Waals surface area contributed by atoms with Crippen molar-refractivity contribution in [3.8, 4) is 0 Å². The number of carbonyl (C=O) groups is 1. The maximum atomic E-state index is 12.5. The lowest BCUT2D eigenvalue weighted by molar-refractivity contribution is 0.0973. The molecule has 0 unspecified atom stereocenters. The minimum atomic E-state index is 0.135. The van der Waals surface area contributed by atoms with E-state index >= 15 is 0 Å². The van der Waals surface area contributed by atoms with Gasteiger partial charge in [-0.3, -0.25) is 4.79 Å². The third-order valence-electron chi connectivity index (χ3n) is 3.88. The van der Waals surface area contributed by atoms with Gasteiger partial charge < -0.3 is 4.57 Å². The predicted octanol–water partition coefficient (Wildman–Crippen LogP) is 4.90. The van der Waals surface area contributed by atoms with Gasteiger partial charge in [0.2, 0.25) is 0 Å². The number of hydrogen-bond acceptors (Lipinski definition) is 1. The molecule has 3 heteroatoms. The van der Waals surface area contributed by atoms with E-state index in [0.717, 1.165) is 26.5 Å². The molecular formula is C18H16BrNO. The van der Waals surface area contributed by atoms with Gasteiger partial charge in [0.05, 0.1) is 6.54 Å². The first kappa shape index (κ1) is 14.1. The standard InChI is InChI=1S/C18H16BrNO/c1-12-3-4-15(9-13(12)2)18(21)11-20-8-7-14-5-6-16(19)10-17(14)20/h3-10H,11H2,1-2H3. The topological polar surface area (TPSA) is 22.0 Å². The maximum absolute atomic E-state index is 12.5. The van der Waals surface area contributed by atoms with Crippen molar-refractivity contribution in [3.05, 3.63) is 69.8 Å². The number of carbonyl (C=O) groups excluding carboxylic acids is 1. The smallest absolute Gasteiger partial charge is 0.182 e. The molecule has 0 N–H and O–H groups in total. The molecule has 0 saturated heterocycles. The quantitative estimate of drug-likeness (QED) is 0.620. The molecule has 0 fully saturated rings. The van der Waals surface area contributed by atoms with Gasteiger partial charge in [0, 0.05) is 21.7 Å². The summed E-state index contributed by atoms with van der Waals surface area (Å²) < 4.78 is 3.02. The summed E-state index contributed by atoms with van der Waals surface area (Å²) in [6.07, 6.45) is 1.97. The second kappa shape index (κ2) is 5.49. The third kappa shape index (κ3) is 2.79. The van der Waals surface area contributed by atoms with Crippen molar-refractivity contribution in [1.29, 1.82) is 0 Å². The summed E-state index contributed by atoms with van der Waals surface area (Å²) in [4.78, 5) is 12.5. The highest BCUT2D eigenvalue weighted by Crippen LogP contribution is 2.21. The number of Topliss-reactive ketones (excluding diaryl/α,β-unsaturated/α-hetero) is 1. The number of hydrogen-bond donors (Lipinski definition) is 0. The van der Waals surface area contributed by atoms with Crippen LogP contribution in [-0.2, 0) is 6.54 Å². The summed E-state index contributed by atoms with van der Waals surface area (Å²) in [6.45, 7) is 4.46. The van der Waals surface area contributed by atoms with Crippen molar-refractivity contribution in [2.24, 2.45) is 0 Å². The van der Waals surface area contributed by atoms with Crippen molar-refractivity contribution in [2.75, 3.05) is 0 Å². The maximum Gasteiger partial charge on any atom is 0.182 e. The lowest BCUT2D eigenvalue weighted by Gasteiger charge is -2.07. The van der Waals surface area contributed by atoms with Gasteiger partial charge in [-0.15, -0.1) is 0 Å². The molecule has 0 aliphatic carbocycles. The van der Waals surface area contributed by atoms with Crippen LogP contribution in [0.25, 0.3) is 10.9 Å². The Morgan fingerprint density at radius 3 is 2.62 bits per heavy atom. The number of rotatable bonds is 3. The molecule has 21 heavy (non-hydrogen) atoms. The van der Waals surface area contributed by atoms with Gasteiger partial charge in [0.15, 0.2) is 5.78 Å². The van der Waals surface area contributed by atoms with Crippen LogP contribution in [0, 0.1) is 13.8 Å². The van der Waals surface area contributed by atoms with Crippen LogP contribution < -0.4 is 0 Å². The molecule has 2 nitrogen and oxygen atoms in total. The van der Waals surface area contributed by atoms with E-state index in [4.69, 9.17) is 0 Å². The first-order chi connectivity index (χ1) is 10.0. The second-order valence-electron chi connectivity index (χ2n) is 5.37. The minimum absolute atomic E-state index is 0.135. The van der Waals surface area contributed by atoms with Crippen molar-refractivity contribution in [3.63, 3.8) is 0 Å². The van der Waals surface area contributed by atoms with Crippen LogP contribution in [0.15, 0.2) is 53.1 Å². The highest BCUT2D eigenvalue weighted by Gasteiger charge is 2.10. The fourth-order valence-corrected chi connectivity index (χ4v) is 2.80. The molecule has 3 aromatic rings. The molecule has 1 heterocycles.